The predicted molar refractivity (Wildman–Crippen MR) is 65.7 cm³/mol. The molecule has 0 aromatic carbocycles. The molecule has 3 nitrogen and oxygen atoms in total. The molecule has 0 aromatic rings. The summed E-state index contributed by atoms with van der Waals surface area (Å²) in [6.07, 6.45) is 2.46. The van der Waals surface area contributed by atoms with Gasteiger partial charge in [-0.2, -0.15) is 0 Å². The van der Waals surface area contributed by atoms with Crippen molar-refractivity contribution in [2.75, 3.05) is 6.61 Å². The number of fused-ring (bicyclic) bond motifs is 1. The summed E-state index contributed by atoms with van der Waals surface area (Å²) >= 11 is 0. The van der Waals surface area contributed by atoms with Gasteiger partial charge in [-0.05, 0) is 30.3 Å². The van der Waals surface area contributed by atoms with Crippen molar-refractivity contribution in [2.24, 2.45) is 22.2 Å². The maximum Gasteiger partial charge on any atom is 0.317 e. The van der Waals surface area contributed by atoms with E-state index in [2.05, 4.69) is 20.8 Å². The Labute approximate surface area is 107 Å². The van der Waals surface area contributed by atoms with Crippen LogP contribution in [0.3, 0.4) is 0 Å². The standard InChI is InChI=1S/C15H20O3/c1-13(2)4-8-9(5-13)11(16)14(3)7-15(14)10(8)6-18-12(15)17/h9,11,16H,4-7H2,1-3H3/t9?,11-,14-,15+/m0/s1. The summed E-state index contributed by atoms with van der Waals surface area (Å²) in [5.74, 6) is 0.167. The molecule has 1 N–H and O–H groups in total. The normalized spacial score (nSPS) is 51.7. The van der Waals surface area contributed by atoms with Crippen LogP contribution in [0.5, 0.6) is 0 Å². The molecule has 1 saturated heterocycles. The summed E-state index contributed by atoms with van der Waals surface area (Å²) in [5, 5.41) is 10.7. The lowest BCUT2D eigenvalue weighted by Crippen LogP contribution is -2.39. The first kappa shape index (κ1) is 11.0. The van der Waals surface area contributed by atoms with Gasteiger partial charge >= 0.3 is 5.97 Å². The van der Waals surface area contributed by atoms with Crippen molar-refractivity contribution in [1.82, 2.24) is 0 Å². The number of ether oxygens (including phenoxy) is 1. The maximum atomic E-state index is 12.1. The third-order valence-corrected chi connectivity index (χ3v) is 6.00. The van der Waals surface area contributed by atoms with Gasteiger partial charge in [-0.3, -0.25) is 4.79 Å². The maximum absolute atomic E-state index is 12.1. The molecule has 4 atom stereocenters. The highest BCUT2D eigenvalue weighted by Gasteiger charge is 2.80. The Hall–Kier alpha value is -0.830. The van der Waals surface area contributed by atoms with E-state index in [0.717, 1.165) is 19.3 Å². The lowest BCUT2D eigenvalue weighted by atomic mass is 9.71. The molecule has 4 aliphatic rings. The van der Waals surface area contributed by atoms with Gasteiger partial charge in [-0.15, -0.1) is 0 Å². The zero-order chi connectivity index (χ0) is 12.9. The Morgan fingerprint density at radius 2 is 2.06 bits per heavy atom. The molecule has 4 rings (SSSR count). The van der Waals surface area contributed by atoms with Crippen molar-refractivity contribution in [1.29, 1.82) is 0 Å². The first-order chi connectivity index (χ1) is 8.32. The summed E-state index contributed by atoms with van der Waals surface area (Å²) in [6.45, 7) is 7.04. The number of hydrogen-bond donors (Lipinski definition) is 1. The molecule has 2 saturated carbocycles. The van der Waals surface area contributed by atoms with E-state index < -0.39 is 5.41 Å². The first-order valence-electron chi connectivity index (χ1n) is 6.90. The third-order valence-electron chi connectivity index (χ3n) is 6.00. The van der Waals surface area contributed by atoms with E-state index in [1.807, 2.05) is 0 Å². The quantitative estimate of drug-likeness (QED) is 0.527. The molecule has 3 aliphatic carbocycles. The minimum absolute atomic E-state index is 0.0882. The Kier molecular flexibility index (Phi) is 1.65. The van der Waals surface area contributed by atoms with E-state index in [9.17, 15) is 9.90 Å². The molecule has 3 heteroatoms. The van der Waals surface area contributed by atoms with Crippen molar-refractivity contribution >= 4 is 5.97 Å². The second kappa shape index (κ2) is 2.69. The Bertz CT molecular complexity index is 504. The van der Waals surface area contributed by atoms with E-state index in [0.29, 0.717) is 6.61 Å². The second-order valence-electron chi connectivity index (χ2n) is 7.68. The highest BCUT2D eigenvalue weighted by molar-refractivity contribution is 5.90. The Morgan fingerprint density at radius 1 is 1.33 bits per heavy atom. The summed E-state index contributed by atoms with van der Waals surface area (Å²) in [6, 6.07) is 0. The SMILES string of the molecule is CC1(C)CC2=C3COC(=O)[C@@]34C[C@@]4(C)[C@@H](O)C2C1. The van der Waals surface area contributed by atoms with Crippen molar-refractivity contribution in [2.45, 2.75) is 46.1 Å². The molecule has 1 aliphatic heterocycles. The number of esters is 1. The van der Waals surface area contributed by atoms with Gasteiger partial charge in [0.25, 0.3) is 0 Å². The van der Waals surface area contributed by atoms with Crippen LogP contribution in [0, 0.1) is 22.2 Å². The van der Waals surface area contributed by atoms with Crippen molar-refractivity contribution < 1.29 is 14.6 Å². The number of hydrogen-bond acceptors (Lipinski definition) is 3. The predicted octanol–water partition coefficient (Wildman–Crippen LogP) is 2.05. The number of aliphatic hydroxyl groups excluding tert-OH is 1. The van der Waals surface area contributed by atoms with Gasteiger partial charge in [0.2, 0.25) is 0 Å². The number of rotatable bonds is 0. The van der Waals surface area contributed by atoms with E-state index in [4.69, 9.17) is 4.74 Å². The third kappa shape index (κ3) is 0.932. The van der Waals surface area contributed by atoms with Crippen molar-refractivity contribution in [3.63, 3.8) is 0 Å². The van der Waals surface area contributed by atoms with Gasteiger partial charge in [-0.25, -0.2) is 0 Å². The number of aliphatic hydroxyl groups is 1. The Balaban J connectivity index is 1.92. The van der Waals surface area contributed by atoms with Gasteiger partial charge in [0, 0.05) is 11.3 Å². The van der Waals surface area contributed by atoms with Crippen LogP contribution in [0.1, 0.15) is 40.0 Å². The molecular formula is C15H20O3. The summed E-state index contributed by atoms with van der Waals surface area (Å²) in [7, 11) is 0. The highest BCUT2D eigenvalue weighted by atomic mass is 16.5. The van der Waals surface area contributed by atoms with Crippen LogP contribution >= 0.6 is 0 Å². The van der Waals surface area contributed by atoms with Crippen molar-refractivity contribution in [3.8, 4) is 0 Å². The summed E-state index contributed by atoms with van der Waals surface area (Å²) < 4.78 is 5.33. The lowest BCUT2D eigenvalue weighted by Gasteiger charge is -2.34. The topological polar surface area (TPSA) is 46.5 Å². The van der Waals surface area contributed by atoms with Crippen LogP contribution in [0.2, 0.25) is 0 Å². The lowest BCUT2D eigenvalue weighted by molar-refractivity contribution is -0.144. The highest BCUT2D eigenvalue weighted by Crippen LogP contribution is 2.77. The molecule has 98 valence electrons. The van der Waals surface area contributed by atoms with Crippen LogP contribution in [0.25, 0.3) is 0 Å². The first-order valence-corrected chi connectivity index (χ1v) is 6.90. The zero-order valence-corrected chi connectivity index (χ0v) is 11.2. The van der Waals surface area contributed by atoms with Crippen molar-refractivity contribution in [3.05, 3.63) is 11.1 Å². The van der Waals surface area contributed by atoms with Crippen LogP contribution in [-0.4, -0.2) is 23.8 Å². The Morgan fingerprint density at radius 3 is 2.78 bits per heavy atom. The van der Waals surface area contributed by atoms with Crippen LogP contribution in [0.4, 0.5) is 0 Å². The molecule has 3 fully saturated rings. The molecule has 18 heavy (non-hydrogen) atoms. The molecule has 0 aromatic heterocycles. The van der Waals surface area contributed by atoms with E-state index >= 15 is 0 Å². The van der Waals surface area contributed by atoms with Crippen LogP contribution in [-0.2, 0) is 9.53 Å². The summed E-state index contributed by atoms with van der Waals surface area (Å²) in [4.78, 5) is 12.1. The van der Waals surface area contributed by atoms with E-state index in [1.54, 1.807) is 0 Å². The van der Waals surface area contributed by atoms with Gasteiger partial charge in [-0.1, -0.05) is 26.3 Å². The molecule has 0 amide bonds. The fourth-order valence-electron chi connectivity index (χ4n) is 5.01. The van der Waals surface area contributed by atoms with E-state index in [-0.39, 0.29) is 28.8 Å². The molecule has 0 bridgehead atoms. The van der Waals surface area contributed by atoms with Gasteiger partial charge in [0.1, 0.15) is 12.0 Å². The molecule has 1 heterocycles. The minimum atomic E-state index is -0.446. The molecule has 1 unspecified atom stereocenters. The van der Waals surface area contributed by atoms with E-state index in [1.165, 1.54) is 11.1 Å². The molecule has 0 radical (unpaired) electrons. The fraction of sp³-hybridized carbons (Fsp3) is 0.800. The summed E-state index contributed by atoms with van der Waals surface area (Å²) in [5.41, 5.74) is 2.11. The average Bonchev–Trinajstić information content (AvgIpc) is 2.61. The molecule has 1 spiro atoms. The minimum Gasteiger partial charge on any atom is -0.460 e. The fourth-order valence-corrected chi connectivity index (χ4v) is 5.01. The van der Waals surface area contributed by atoms with Gasteiger partial charge in [0.15, 0.2) is 0 Å². The van der Waals surface area contributed by atoms with Gasteiger partial charge < -0.3 is 9.84 Å². The largest absolute Gasteiger partial charge is 0.460 e. The van der Waals surface area contributed by atoms with Crippen LogP contribution < -0.4 is 0 Å². The zero-order valence-electron chi connectivity index (χ0n) is 11.2. The monoisotopic (exact) mass is 248 g/mol. The average molecular weight is 248 g/mol. The number of carbonyl (C=O) groups is 1. The van der Waals surface area contributed by atoms with Crippen LogP contribution in [0.15, 0.2) is 11.1 Å². The molecular weight excluding hydrogens is 228 g/mol. The smallest absolute Gasteiger partial charge is 0.317 e. The second-order valence-corrected chi connectivity index (χ2v) is 7.68. The van der Waals surface area contributed by atoms with Gasteiger partial charge in [0.05, 0.1) is 6.10 Å². The number of carbonyl (C=O) groups excluding carboxylic acids is 1. The number of cyclic esters (lactones) is 1.